The number of amides is 2. The standard InChI is InChI=1S/C11H13BrN2O5/c1-19-8-3-6(12)2-7(4-8)13-11(18)14-9(5-15)10(16)17/h2-4,9,15H,5H2,1H3,(H,16,17)(H2,13,14,18)/t9-/m0/s1. The third-order valence-electron chi connectivity index (χ3n) is 2.15. The van der Waals surface area contributed by atoms with Crippen LogP contribution in [-0.2, 0) is 4.79 Å². The van der Waals surface area contributed by atoms with E-state index in [1.807, 2.05) is 0 Å². The maximum absolute atomic E-state index is 11.5. The number of aliphatic hydroxyl groups excluding tert-OH is 1. The highest BCUT2D eigenvalue weighted by atomic mass is 79.9. The Bertz CT molecular complexity index is 480. The topological polar surface area (TPSA) is 108 Å². The van der Waals surface area contributed by atoms with Crippen molar-refractivity contribution in [3.63, 3.8) is 0 Å². The highest BCUT2D eigenvalue weighted by molar-refractivity contribution is 9.10. The molecule has 1 rings (SSSR count). The molecule has 0 heterocycles. The highest BCUT2D eigenvalue weighted by Gasteiger charge is 2.18. The molecule has 2 amide bonds. The van der Waals surface area contributed by atoms with E-state index in [0.717, 1.165) is 0 Å². The maximum Gasteiger partial charge on any atom is 0.328 e. The minimum Gasteiger partial charge on any atom is -0.497 e. The van der Waals surface area contributed by atoms with Gasteiger partial charge in [0.2, 0.25) is 0 Å². The van der Waals surface area contributed by atoms with Gasteiger partial charge in [0.15, 0.2) is 6.04 Å². The van der Waals surface area contributed by atoms with Crippen molar-refractivity contribution in [1.29, 1.82) is 0 Å². The van der Waals surface area contributed by atoms with E-state index >= 15 is 0 Å². The number of carboxylic acids is 1. The van der Waals surface area contributed by atoms with Gasteiger partial charge in [-0.1, -0.05) is 15.9 Å². The van der Waals surface area contributed by atoms with E-state index in [-0.39, 0.29) is 0 Å². The van der Waals surface area contributed by atoms with Crippen LogP contribution in [0.2, 0.25) is 0 Å². The molecular formula is C11H13BrN2O5. The molecule has 104 valence electrons. The molecule has 0 unspecified atom stereocenters. The van der Waals surface area contributed by atoms with Crippen molar-refractivity contribution in [3.05, 3.63) is 22.7 Å². The molecule has 1 aromatic rings. The van der Waals surface area contributed by atoms with Gasteiger partial charge in [0.25, 0.3) is 0 Å². The van der Waals surface area contributed by atoms with E-state index in [1.165, 1.54) is 7.11 Å². The molecule has 0 aliphatic carbocycles. The Morgan fingerprint density at radius 2 is 2.11 bits per heavy atom. The number of rotatable bonds is 5. The highest BCUT2D eigenvalue weighted by Crippen LogP contribution is 2.24. The van der Waals surface area contributed by atoms with Gasteiger partial charge < -0.3 is 25.6 Å². The van der Waals surface area contributed by atoms with Crippen LogP contribution in [0.3, 0.4) is 0 Å². The quantitative estimate of drug-likeness (QED) is 0.644. The molecule has 1 atom stereocenters. The monoisotopic (exact) mass is 332 g/mol. The number of aliphatic carboxylic acids is 1. The molecular weight excluding hydrogens is 320 g/mol. The lowest BCUT2D eigenvalue weighted by atomic mass is 10.3. The summed E-state index contributed by atoms with van der Waals surface area (Å²) in [7, 11) is 1.48. The zero-order chi connectivity index (χ0) is 14.4. The number of hydrogen-bond donors (Lipinski definition) is 4. The Morgan fingerprint density at radius 1 is 1.42 bits per heavy atom. The summed E-state index contributed by atoms with van der Waals surface area (Å²) in [5.74, 6) is -0.786. The fourth-order valence-corrected chi connectivity index (χ4v) is 1.74. The number of anilines is 1. The van der Waals surface area contributed by atoms with Crippen LogP contribution in [0.25, 0.3) is 0 Å². The van der Waals surface area contributed by atoms with Crippen molar-refractivity contribution in [2.45, 2.75) is 6.04 Å². The molecule has 0 saturated carbocycles. The zero-order valence-corrected chi connectivity index (χ0v) is 11.6. The van der Waals surface area contributed by atoms with E-state index in [2.05, 4.69) is 26.6 Å². The van der Waals surface area contributed by atoms with Gasteiger partial charge >= 0.3 is 12.0 Å². The molecule has 0 saturated heterocycles. The molecule has 0 fully saturated rings. The van der Waals surface area contributed by atoms with Gasteiger partial charge in [0, 0.05) is 16.2 Å². The lowest BCUT2D eigenvalue weighted by Crippen LogP contribution is -2.45. The minimum absolute atomic E-state index is 0.422. The molecule has 0 aliphatic rings. The van der Waals surface area contributed by atoms with Crippen molar-refractivity contribution in [1.82, 2.24) is 5.32 Å². The first kappa shape index (κ1) is 15.3. The number of halogens is 1. The number of nitrogens with one attached hydrogen (secondary N) is 2. The number of methoxy groups -OCH3 is 1. The van der Waals surface area contributed by atoms with E-state index in [4.69, 9.17) is 14.9 Å². The summed E-state index contributed by atoms with van der Waals surface area (Å²) >= 11 is 3.25. The van der Waals surface area contributed by atoms with Gasteiger partial charge in [0.1, 0.15) is 5.75 Å². The van der Waals surface area contributed by atoms with E-state index in [1.54, 1.807) is 18.2 Å². The number of carbonyl (C=O) groups excluding carboxylic acids is 1. The lowest BCUT2D eigenvalue weighted by molar-refractivity contribution is -0.140. The molecule has 8 heteroatoms. The van der Waals surface area contributed by atoms with Crippen LogP contribution in [0.1, 0.15) is 0 Å². The van der Waals surface area contributed by atoms with Gasteiger partial charge in [-0.05, 0) is 12.1 Å². The predicted octanol–water partition coefficient (Wildman–Crippen LogP) is 1.02. The van der Waals surface area contributed by atoms with E-state index in [9.17, 15) is 9.59 Å². The van der Waals surface area contributed by atoms with Crippen LogP contribution in [0.4, 0.5) is 10.5 Å². The smallest absolute Gasteiger partial charge is 0.328 e. The zero-order valence-electron chi connectivity index (χ0n) is 10.0. The molecule has 4 N–H and O–H groups in total. The summed E-state index contributed by atoms with van der Waals surface area (Å²) in [5.41, 5.74) is 0.422. The Morgan fingerprint density at radius 3 is 2.63 bits per heavy atom. The van der Waals surface area contributed by atoms with Crippen LogP contribution >= 0.6 is 15.9 Å². The Balaban J connectivity index is 2.71. The number of aliphatic hydroxyl groups is 1. The van der Waals surface area contributed by atoms with Gasteiger partial charge in [-0.2, -0.15) is 0 Å². The number of benzene rings is 1. The van der Waals surface area contributed by atoms with Crippen LogP contribution in [0.15, 0.2) is 22.7 Å². The Labute approximate surface area is 117 Å². The van der Waals surface area contributed by atoms with Crippen molar-refractivity contribution in [2.75, 3.05) is 19.0 Å². The number of hydrogen-bond acceptors (Lipinski definition) is 4. The largest absolute Gasteiger partial charge is 0.497 e. The van der Waals surface area contributed by atoms with Crippen molar-refractivity contribution in [2.24, 2.45) is 0 Å². The predicted molar refractivity (Wildman–Crippen MR) is 71.4 cm³/mol. The maximum atomic E-state index is 11.5. The van der Waals surface area contributed by atoms with Crippen molar-refractivity contribution < 1.29 is 24.5 Å². The second kappa shape index (κ2) is 6.95. The average molecular weight is 333 g/mol. The number of urea groups is 1. The molecule has 0 aromatic heterocycles. The first-order valence-corrected chi connectivity index (χ1v) is 6.01. The fraction of sp³-hybridized carbons (Fsp3) is 0.273. The first-order chi connectivity index (χ1) is 8.96. The summed E-state index contributed by atoms with van der Waals surface area (Å²) in [6, 6.07) is 2.81. The fourth-order valence-electron chi connectivity index (χ4n) is 1.26. The second-order valence-corrected chi connectivity index (χ2v) is 4.47. The third kappa shape index (κ3) is 4.76. The van der Waals surface area contributed by atoms with Gasteiger partial charge in [0.05, 0.1) is 13.7 Å². The van der Waals surface area contributed by atoms with Crippen molar-refractivity contribution in [3.8, 4) is 5.75 Å². The second-order valence-electron chi connectivity index (χ2n) is 3.55. The first-order valence-electron chi connectivity index (χ1n) is 5.22. The summed E-state index contributed by atoms with van der Waals surface area (Å²) in [5, 5.41) is 22.0. The lowest BCUT2D eigenvalue weighted by Gasteiger charge is -2.13. The molecule has 19 heavy (non-hydrogen) atoms. The third-order valence-corrected chi connectivity index (χ3v) is 2.61. The Hall–Kier alpha value is -1.80. The molecule has 0 bridgehead atoms. The van der Waals surface area contributed by atoms with Crippen LogP contribution in [0, 0.1) is 0 Å². The SMILES string of the molecule is COc1cc(Br)cc(NC(=O)N[C@@H](CO)C(=O)O)c1. The molecule has 0 spiro atoms. The normalized spacial score (nSPS) is 11.5. The summed E-state index contributed by atoms with van der Waals surface area (Å²) < 4.78 is 5.72. The van der Waals surface area contributed by atoms with E-state index < -0.39 is 24.6 Å². The van der Waals surface area contributed by atoms with Crippen LogP contribution in [0.5, 0.6) is 5.75 Å². The van der Waals surface area contributed by atoms with Crippen LogP contribution < -0.4 is 15.4 Å². The van der Waals surface area contributed by atoms with Gasteiger partial charge in [-0.25, -0.2) is 9.59 Å². The van der Waals surface area contributed by atoms with Gasteiger partial charge in [-0.15, -0.1) is 0 Å². The van der Waals surface area contributed by atoms with E-state index in [0.29, 0.717) is 15.9 Å². The molecule has 7 nitrogen and oxygen atoms in total. The summed E-state index contributed by atoms with van der Waals surface area (Å²) in [6.45, 7) is -0.690. The summed E-state index contributed by atoms with van der Waals surface area (Å²) in [4.78, 5) is 22.2. The molecule has 0 aliphatic heterocycles. The molecule has 1 aromatic carbocycles. The van der Waals surface area contributed by atoms with Gasteiger partial charge in [-0.3, -0.25) is 0 Å². The average Bonchev–Trinajstić information content (AvgIpc) is 2.34. The number of ether oxygens (including phenoxy) is 1. The minimum atomic E-state index is -1.35. The van der Waals surface area contributed by atoms with Crippen molar-refractivity contribution >= 4 is 33.6 Å². The number of carbonyl (C=O) groups is 2. The Kier molecular flexibility index (Phi) is 5.58. The summed E-state index contributed by atoms with van der Waals surface area (Å²) in [6.07, 6.45) is 0. The van der Waals surface area contributed by atoms with Crippen LogP contribution in [-0.4, -0.2) is 42.0 Å². The number of carboxylic acid groups (broad SMARTS) is 1. The molecule has 0 radical (unpaired) electrons.